The summed E-state index contributed by atoms with van der Waals surface area (Å²) in [6.45, 7) is 6.49. The van der Waals surface area contributed by atoms with Crippen molar-refractivity contribution in [2.45, 2.75) is 64.5 Å². The van der Waals surface area contributed by atoms with Crippen LogP contribution in [0.25, 0.3) is 0 Å². The zero-order valence-electron chi connectivity index (χ0n) is 15.1. The summed E-state index contributed by atoms with van der Waals surface area (Å²) in [4.78, 5) is 25.6. The number of carbonyl (C=O) groups excluding carboxylic acids is 1. The molecular formula is C18H27N3O4. The Kier molecular flexibility index (Phi) is 5.13. The van der Waals surface area contributed by atoms with E-state index < -0.39 is 5.97 Å². The van der Waals surface area contributed by atoms with Gasteiger partial charge in [0.05, 0.1) is 18.2 Å². The second-order valence-electron chi connectivity index (χ2n) is 7.56. The quantitative estimate of drug-likeness (QED) is 0.743. The Morgan fingerprint density at radius 1 is 1.36 bits per heavy atom. The summed E-state index contributed by atoms with van der Waals surface area (Å²) >= 11 is 0. The van der Waals surface area contributed by atoms with Crippen LogP contribution < -0.4 is 5.32 Å². The summed E-state index contributed by atoms with van der Waals surface area (Å²) in [5, 5.41) is 16.1. The average Bonchev–Trinajstić information content (AvgIpc) is 3.25. The molecule has 0 aliphatic heterocycles. The summed E-state index contributed by atoms with van der Waals surface area (Å²) < 4.78 is 5.15. The number of hydrogen-bond donors (Lipinski definition) is 2. The molecule has 25 heavy (non-hydrogen) atoms. The van der Waals surface area contributed by atoms with Gasteiger partial charge in [-0.25, -0.2) is 0 Å². The van der Waals surface area contributed by atoms with Crippen molar-refractivity contribution in [1.29, 1.82) is 0 Å². The molecule has 2 fully saturated rings. The minimum atomic E-state index is -0.778. The summed E-state index contributed by atoms with van der Waals surface area (Å²) in [6, 6.07) is 0.382. The van der Waals surface area contributed by atoms with Crippen LogP contribution in [0.1, 0.15) is 55.5 Å². The van der Waals surface area contributed by atoms with E-state index in [4.69, 9.17) is 9.63 Å². The first-order valence-electron chi connectivity index (χ1n) is 9.04. The fraction of sp³-hybridized carbons (Fsp3) is 0.722. The number of nitrogens with zero attached hydrogens (tertiary/aromatic N) is 2. The Bertz CT molecular complexity index is 627. The zero-order valence-corrected chi connectivity index (χ0v) is 15.1. The third-order valence-electron chi connectivity index (χ3n) is 5.42. The lowest BCUT2D eigenvalue weighted by Crippen LogP contribution is -2.55. The molecule has 1 amide bonds. The maximum atomic E-state index is 12.5. The molecule has 3 rings (SSSR count). The van der Waals surface area contributed by atoms with Crippen molar-refractivity contribution in [3.63, 3.8) is 0 Å². The van der Waals surface area contributed by atoms with Gasteiger partial charge in [-0.3, -0.25) is 14.5 Å². The van der Waals surface area contributed by atoms with E-state index in [-0.39, 0.29) is 30.5 Å². The molecule has 7 nitrogen and oxygen atoms in total. The standard InChI is InChI=1S/C18H27N3O4/c1-10(17-11(2)20-25-12(17)3)18(24)19-14-6-15(7-14)21(9-16(22)23)8-13-4-5-13/h10,13-15H,4-9H2,1-3H3,(H,19,24)(H,22,23)/t10-,14?,15?/m0/s1. The maximum absolute atomic E-state index is 12.5. The van der Waals surface area contributed by atoms with Crippen molar-refractivity contribution in [2.75, 3.05) is 13.1 Å². The molecule has 2 aliphatic carbocycles. The highest BCUT2D eigenvalue weighted by Crippen LogP contribution is 2.34. The normalized spacial score (nSPS) is 24.0. The summed E-state index contributed by atoms with van der Waals surface area (Å²) in [5.74, 6) is 0.244. The van der Waals surface area contributed by atoms with Gasteiger partial charge >= 0.3 is 5.97 Å². The first-order chi connectivity index (χ1) is 11.8. The first kappa shape index (κ1) is 17.9. The van der Waals surface area contributed by atoms with Crippen LogP contribution in [0.2, 0.25) is 0 Å². The van der Waals surface area contributed by atoms with Crippen LogP contribution in [0, 0.1) is 19.8 Å². The van der Waals surface area contributed by atoms with Crippen molar-refractivity contribution in [3.05, 3.63) is 17.0 Å². The fourth-order valence-electron chi connectivity index (χ4n) is 3.72. The van der Waals surface area contributed by atoms with E-state index in [1.54, 1.807) is 0 Å². The van der Waals surface area contributed by atoms with Crippen molar-refractivity contribution in [3.8, 4) is 0 Å². The summed E-state index contributed by atoms with van der Waals surface area (Å²) in [7, 11) is 0. The van der Waals surface area contributed by atoms with Crippen LogP contribution in [0.5, 0.6) is 0 Å². The highest BCUT2D eigenvalue weighted by atomic mass is 16.5. The van der Waals surface area contributed by atoms with E-state index in [0.29, 0.717) is 11.7 Å². The first-order valence-corrected chi connectivity index (χ1v) is 9.04. The van der Waals surface area contributed by atoms with E-state index in [0.717, 1.165) is 30.6 Å². The zero-order chi connectivity index (χ0) is 18.1. The van der Waals surface area contributed by atoms with Gasteiger partial charge < -0.3 is 14.9 Å². The molecule has 0 aromatic carbocycles. The average molecular weight is 349 g/mol. The molecule has 0 bridgehead atoms. The molecule has 0 saturated heterocycles. The Morgan fingerprint density at radius 2 is 2.04 bits per heavy atom. The van der Waals surface area contributed by atoms with Gasteiger partial charge in [-0.1, -0.05) is 5.16 Å². The lowest BCUT2D eigenvalue weighted by molar-refractivity contribution is -0.140. The predicted octanol–water partition coefficient (Wildman–Crippen LogP) is 1.84. The number of aromatic nitrogens is 1. The van der Waals surface area contributed by atoms with Gasteiger partial charge in [0.25, 0.3) is 0 Å². The lowest BCUT2D eigenvalue weighted by atomic mass is 9.84. The molecular weight excluding hydrogens is 322 g/mol. The summed E-state index contributed by atoms with van der Waals surface area (Å²) in [6.07, 6.45) is 4.05. The maximum Gasteiger partial charge on any atom is 0.317 e. The molecule has 2 saturated carbocycles. The van der Waals surface area contributed by atoms with E-state index in [1.807, 2.05) is 20.8 Å². The molecule has 0 spiro atoms. The fourth-order valence-corrected chi connectivity index (χ4v) is 3.72. The molecule has 1 aromatic heterocycles. The Morgan fingerprint density at radius 3 is 2.56 bits per heavy atom. The number of aliphatic carboxylic acids is 1. The molecule has 0 unspecified atom stereocenters. The Balaban J connectivity index is 1.50. The van der Waals surface area contributed by atoms with E-state index in [1.165, 1.54) is 12.8 Å². The van der Waals surface area contributed by atoms with Gasteiger partial charge in [-0.2, -0.15) is 0 Å². The number of carboxylic acids is 1. The van der Waals surface area contributed by atoms with Crippen LogP contribution in [0.4, 0.5) is 0 Å². The van der Waals surface area contributed by atoms with E-state index in [2.05, 4.69) is 15.4 Å². The van der Waals surface area contributed by atoms with Gasteiger partial charge in [-0.15, -0.1) is 0 Å². The lowest BCUT2D eigenvalue weighted by Gasteiger charge is -2.43. The molecule has 1 atom stereocenters. The van der Waals surface area contributed by atoms with Crippen LogP contribution in [-0.2, 0) is 9.59 Å². The topological polar surface area (TPSA) is 95.7 Å². The molecule has 7 heteroatoms. The van der Waals surface area contributed by atoms with Crippen LogP contribution in [0.15, 0.2) is 4.52 Å². The molecule has 0 radical (unpaired) electrons. The van der Waals surface area contributed by atoms with Crippen LogP contribution in [-0.4, -0.2) is 52.2 Å². The predicted molar refractivity (Wildman–Crippen MR) is 91.3 cm³/mol. The molecule has 138 valence electrons. The number of nitrogens with one attached hydrogen (secondary N) is 1. The van der Waals surface area contributed by atoms with Gasteiger partial charge in [-0.05, 0) is 52.4 Å². The third kappa shape index (κ3) is 4.21. The van der Waals surface area contributed by atoms with Crippen molar-refractivity contribution in [1.82, 2.24) is 15.4 Å². The van der Waals surface area contributed by atoms with Crippen LogP contribution in [0.3, 0.4) is 0 Å². The van der Waals surface area contributed by atoms with E-state index >= 15 is 0 Å². The van der Waals surface area contributed by atoms with Gasteiger partial charge in [0.2, 0.25) is 5.91 Å². The van der Waals surface area contributed by atoms with Crippen molar-refractivity contribution in [2.24, 2.45) is 5.92 Å². The highest BCUT2D eigenvalue weighted by Gasteiger charge is 2.38. The highest BCUT2D eigenvalue weighted by molar-refractivity contribution is 5.84. The monoisotopic (exact) mass is 349 g/mol. The third-order valence-corrected chi connectivity index (χ3v) is 5.42. The number of aryl methyl sites for hydroxylation is 2. The second-order valence-corrected chi connectivity index (χ2v) is 7.56. The van der Waals surface area contributed by atoms with Crippen molar-refractivity contribution < 1.29 is 19.2 Å². The number of carbonyl (C=O) groups is 2. The van der Waals surface area contributed by atoms with Gasteiger partial charge in [0.15, 0.2) is 0 Å². The Labute approximate surface area is 147 Å². The number of rotatable bonds is 8. The van der Waals surface area contributed by atoms with Crippen LogP contribution >= 0.6 is 0 Å². The van der Waals surface area contributed by atoms with Crippen molar-refractivity contribution >= 4 is 11.9 Å². The largest absolute Gasteiger partial charge is 0.480 e. The molecule has 1 aromatic rings. The second kappa shape index (κ2) is 7.15. The smallest absolute Gasteiger partial charge is 0.317 e. The number of carboxylic acid groups (broad SMARTS) is 1. The summed E-state index contributed by atoms with van der Waals surface area (Å²) in [5.41, 5.74) is 1.61. The Hall–Kier alpha value is -1.89. The number of amides is 1. The molecule has 2 N–H and O–H groups in total. The van der Waals surface area contributed by atoms with Gasteiger partial charge in [0, 0.05) is 24.2 Å². The minimum absolute atomic E-state index is 0.0233. The minimum Gasteiger partial charge on any atom is -0.480 e. The molecule has 2 aliphatic rings. The van der Waals surface area contributed by atoms with Gasteiger partial charge in [0.1, 0.15) is 5.76 Å². The SMILES string of the molecule is Cc1noc(C)c1[C@H](C)C(=O)NC1CC(N(CC(=O)O)CC2CC2)C1. The van der Waals surface area contributed by atoms with E-state index in [9.17, 15) is 9.59 Å². The number of hydrogen-bond acceptors (Lipinski definition) is 5. The molecule has 1 heterocycles.